The summed E-state index contributed by atoms with van der Waals surface area (Å²) in [5.41, 5.74) is 0.874. The van der Waals surface area contributed by atoms with Gasteiger partial charge in [0.1, 0.15) is 17.3 Å². The molecule has 0 aromatic heterocycles. The maximum Gasteiger partial charge on any atom is 0.281 e. The first-order valence-electron chi connectivity index (χ1n) is 6.96. The quantitative estimate of drug-likeness (QED) is 0.667. The molecule has 1 amide bonds. The van der Waals surface area contributed by atoms with E-state index in [0.29, 0.717) is 11.4 Å². The lowest BCUT2D eigenvalue weighted by Crippen LogP contribution is -2.30. The summed E-state index contributed by atoms with van der Waals surface area (Å²) >= 11 is 11.2. The highest BCUT2D eigenvalue weighted by molar-refractivity contribution is 7.80. The number of ether oxygens (including phenoxy) is 1. The summed E-state index contributed by atoms with van der Waals surface area (Å²) in [5.74, 6) is -0.235. The van der Waals surface area contributed by atoms with E-state index >= 15 is 0 Å². The molecule has 24 heavy (non-hydrogen) atoms. The average Bonchev–Trinajstić information content (AvgIpc) is 2.85. The molecule has 0 unspecified atom stereocenters. The van der Waals surface area contributed by atoms with Gasteiger partial charge < -0.3 is 10.1 Å². The van der Waals surface area contributed by atoms with Crippen LogP contribution >= 0.6 is 23.8 Å². The van der Waals surface area contributed by atoms with Crippen molar-refractivity contribution in [2.75, 3.05) is 12.0 Å². The number of carbonyl (C=O) groups is 1. The van der Waals surface area contributed by atoms with E-state index in [0.717, 1.165) is 0 Å². The molecule has 1 fully saturated rings. The molecule has 2 aromatic rings. The first kappa shape index (κ1) is 16.4. The number of thiocarbonyl (C=S) groups is 1. The summed E-state index contributed by atoms with van der Waals surface area (Å²) in [6.45, 7) is 0. The number of anilines is 1. The fourth-order valence-electron chi connectivity index (χ4n) is 2.29. The molecule has 1 saturated heterocycles. The van der Waals surface area contributed by atoms with Gasteiger partial charge in [-0.25, -0.2) is 4.39 Å². The van der Waals surface area contributed by atoms with Crippen LogP contribution in [-0.4, -0.2) is 18.1 Å². The summed E-state index contributed by atoms with van der Waals surface area (Å²) in [7, 11) is 1.56. The third-order valence-electron chi connectivity index (χ3n) is 3.50. The predicted octanol–water partition coefficient (Wildman–Crippen LogP) is 3.75. The van der Waals surface area contributed by atoms with Gasteiger partial charge in [0.15, 0.2) is 5.11 Å². The molecule has 1 heterocycles. The highest BCUT2D eigenvalue weighted by Crippen LogP contribution is 2.27. The standard InChI is InChI=1S/C17H12ClFN2O2S/c1-23-11-7-5-10(6-8-11)21-16(22)15(20-17(21)24)9-12-13(18)3-2-4-14(12)19/h2-9H,1H3,(H,20,24)/b15-9-. The van der Waals surface area contributed by atoms with Crippen LogP contribution in [0.3, 0.4) is 0 Å². The Morgan fingerprint density at radius 1 is 1.25 bits per heavy atom. The lowest BCUT2D eigenvalue weighted by atomic mass is 10.1. The Bertz CT molecular complexity index is 832. The molecule has 3 rings (SSSR count). The van der Waals surface area contributed by atoms with Crippen LogP contribution in [0.5, 0.6) is 5.75 Å². The molecule has 0 saturated carbocycles. The molecule has 1 N–H and O–H groups in total. The molecular weight excluding hydrogens is 351 g/mol. The Hall–Kier alpha value is -2.44. The molecule has 1 aliphatic rings. The van der Waals surface area contributed by atoms with E-state index in [2.05, 4.69) is 5.32 Å². The third-order valence-corrected chi connectivity index (χ3v) is 4.11. The molecule has 1 aliphatic heterocycles. The van der Waals surface area contributed by atoms with Crippen molar-refractivity contribution in [2.24, 2.45) is 0 Å². The van der Waals surface area contributed by atoms with Gasteiger partial charge in [-0.3, -0.25) is 9.69 Å². The van der Waals surface area contributed by atoms with Crippen molar-refractivity contribution in [3.8, 4) is 5.75 Å². The van der Waals surface area contributed by atoms with Crippen LogP contribution < -0.4 is 15.0 Å². The summed E-state index contributed by atoms with van der Waals surface area (Å²) in [6, 6.07) is 11.2. The van der Waals surface area contributed by atoms with Crippen LogP contribution in [0.4, 0.5) is 10.1 Å². The van der Waals surface area contributed by atoms with Crippen molar-refractivity contribution in [1.82, 2.24) is 5.32 Å². The van der Waals surface area contributed by atoms with E-state index in [9.17, 15) is 9.18 Å². The molecule has 0 spiro atoms. The highest BCUT2D eigenvalue weighted by atomic mass is 35.5. The largest absolute Gasteiger partial charge is 0.497 e. The van der Waals surface area contributed by atoms with Gasteiger partial charge in [0.25, 0.3) is 5.91 Å². The van der Waals surface area contributed by atoms with Crippen LogP contribution in [0.1, 0.15) is 5.56 Å². The van der Waals surface area contributed by atoms with Crippen molar-refractivity contribution in [2.45, 2.75) is 0 Å². The number of nitrogens with one attached hydrogen (secondary N) is 1. The summed E-state index contributed by atoms with van der Waals surface area (Å²) in [6.07, 6.45) is 1.36. The summed E-state index contributed by atoms with van der Waals surface area (Å²) < 4.78 is 19.0. The minimum Gasteiger partial charge on any atom is -0.497 e. The molecule has 0 radical (unpaired) electrons. The van der Waals surface area contributed by atoms with Crippen molar-refractivity contribution >= 4 is 46.6 Å². The van der Waals surface area contributed by atoms with Gasteiger partial charge in [0.2, 0.25) is 0 Å². The van der Waals surface area contributed by atoms with E-state index in [1.54, 1.807) is 37.4 Å². The molecule has 0 aliphatic carbocycles. The molecule has 0 atom stereocenters. The fourth-order valence-corrected chi connectivity index (χ4v) is 2.81. The van der Waals surface area contributed by atoms with E-state index in [-0.39, 0.29) is 27.3 Å². The van der Waals surface area contributed by atoms with Crippen molar-refractivity contribution < 1.29 is 13.9 Å². The zero-order valence-electron chi connectivity index (χ0n) is 12.5. The van der Waals surface area contributed by atoms with E-state index in [4.69, 9.17) is 28.6 Å². The van der Waals surface area contributed by atoms with Gasteiger partial charge >= 0.3 is 0 Å². The number of carbonyl (C=O) groups excluding carboxylic acids is 1. The third kappa shape index (κ3) is 2.98. The van der Waals surface area contributed by atoms with Gasteiger partial charge in [0, 0.05) is 5.56 Å². The van der Waals surface area contributed by atoms with Crippen LogP contribution in [0, 0.1) is 5.82 Å². The molecule has 122 valence electrons. The van der Waals surface area contributed by atoms with Crippen molar-refractivity contribution in [3.05, 3.63) is 64.6 Å². The van der Waals surface area contributed by atoms with E-state index in [1.807, 2.05) is 0 Å². The minimum atomic E-state index is -0.515. The van der Waals surface area contributed by atoms with Gasteiger partial charge in [-0.2, -0.15) is 0 Å². The molecule has 7 heteroatoms. The zero-order chi connectivity index (χ0) is 17.3. The Morgan fingerprint density at radius 3 is 2.58 bits per heavy atom. The Kier molecular flexibility index (Phi) is 4.51. The van der Waals surface area contributed by atoms with Crippen LogP contribution in [0.15, 0.2) is 48.2 Å². The van der Waals surface area contributed by atoms with Crippen molar-refractivity contribution in [1.29, 1.82) is 0 Å². The number of hydrogen-bond acceptors (Lipinski definition) is 3. The monoisotopic (exact) mass is 362 g/mol. The highest BCUT2D eigenvalue weighted by Gasteiger charge is 2.32. The first-order valence-corrected chi connectivity index (χ1v) is 7.75. The number of amides is 1. The predicted molar refractivity (Wildman–Crippen MR) is 95.6 cm³/mol. The molecular formula is C17H12ClFN2O2S. The average molecular weight is 363 g/mol. The van der Waals surface area contributed by atoms with E-state index in [1.165, 1.54) is 23.1 Å². The number of nitrogens with zero attached hydrogens (tertiary/aromatic N) is 1. The summed E-state index contributed by atoms with van der Waals surface area (Å²) in [5, 5.41) is 3.22. The number of halogens is 2. The second kappa shape index (κ2) is 6.59. The lowest BCUT2D eigenvalue weighted by molar-refractivity contribution is -0.113. The normalized spacial score (nSPS) is 15.8. The Morgan fingerprint density at radius 2 is 1.96 bits per heavy atom. The van der Waals surface area contributed by atoms with Gasteiger partial charge in [-0.15, -0.1) is 0 Å². The van der Waals surface area contributed by atoms with Crippen LogP contribution in [0.25, 0.3) is 6.08 Å². The maximum atomic E-state index is 13.9. The maximum absolute atomic E-state index is 13.9. The second-order valence-corrected chi connectivity index (χ2v) is 5.76. The Labute approximate surface area is 148 Å². The van der Waals surface area contributed by atoms with Crippen LogP contribution in [-0.2, 0) is 4.79 Å². The zero-order valence-corrected chi connectivity index (χ0v) is 14.1. The lowest BCUT2D eigenvalue weighted by Gasteiger charge is -2.14. The van der Waals surface area contributed by atoms with Crippen molar-refractivity contribution in [3.63, 3.8) is 0 Å². The first-order chi connectivity index (χ1) is 11.5. The number of benzene rings is 2. The number of hydrogen-bond donors (Lipinski definition) is 1. The second-order valence-electron chi connectivity index (χ2n) is 4.96. The van der Waals surface area contributed by atoms with Gasteiger partial charge in [-0.1, -0.05) is 17.7 Å². The van der Waals surface area contributed by atoms with E-state index < -0.39 is 5.82 Å². The summed E-state index contributed by atoms with van der Waals surface area (Å²) in [4.78, 5) is 13.9. The number of methoxy groups -OCH3 is 1. The molecule has 0 bridgehead atoms. The minimum absolute atomic E-state index is 0.134. The topological polar surface area (TPSA) is 41.6 Å². The Balaban J connectivity index is 1.95. The SMILES string of the molecule is COc1ccc(N2C(=O)/C(=C/c3c(F)cccc3Cl)NC2=S)cc1. The fraction of sp³-hybridized carbons (Fsp3) is 0.0588. The van der Waals surface area contributed by atoms with Crippen LogP contribution in [0.2, 0.25) is 5.02 Å². The molecule has 4 nitrogen and oxygen atoms in total. The van der Waals surface area contributed by atoms with Gasteiger partial charge in [-0.05, 0) is 54.7 Å². The van der Waals surface area contributed by atoms with Gasteiger partial charge in [0.05, 0.1) is 17.8 Å². The number of rotatable bonds is 3. The molecule has 2 aromatic carbocycles. The smallest absolute Gasteiger partial charge is 0.281 e.